The summed E-state index contributed by atoms with van der Waals surface area (Å²) in [7, 11) is -4.66. The van der Waals surface area contributed by atoms with Crippen LogP contribution >= 0.6 is 7.94 Å². The van der Waals surface area contributed by atoms with Crippen molar-refractivity contribution in [1.82, 2.24) is 0 Å². The molecule has 23 heavy (non-hydrogen) atoms. The number of benzene rings is 3. The number of hydrogen-bond donors (Lipinski definition) is 3. The van der Waals surface area contributed by atoms with Gasteiger partial charge in [0.05, 0.1) is 0 Å². The van der Waals surface area contributed by atoms with Crippen molar-refractivity contribution >= 4 is 7.94 Å². The average molecular weight is 326 g/mol. The van der Waals surface area contributed by atoms with Gasteiger partial charge in [-0.05, 0) is 0 Å². The summed E-state index contributed by atoms with van der Waals surface area (Å²) in [6.45, 7) is 0. The maximum absolute atomic E-state index is 10.5. The first-order valence-corrected chi connectivity index (χ1v) is 9.24. The van der Waals surface area contributed by atoms with Crippen LogP contribution in [0.2, 0.25) is 0 Å². The summed E-state index contributed by atoms with van der Waals surface area (Å²) >= 11 is 0. The minimum absolute atomic E-state index is 0.650. The molecule has 4 heteroatoms. The predicted molar refractivity (Wildman–Crippen MR) is 94.2 cm³/mol. The van der Waals surface area contributed by atoms with Gasteiger partial charge in [-0.15, -0.1) is 0 Å². The SMILES string of the molecule is O[PH](O)(O)C(c1ccccc1)(c1ccccc1)c1ccccc1. The molecule has 0 saturated heterocycles. The van der Waals surface area contributed by atoms with Crippen LogP contribution in [0.5, 0.6) is 0 Å². The first-order valence-electron chi connectivity index (χ1n) is 7.40. The Kier molecular flexibility index (Phi) is 4.29. The van der Waals surface area contributed by atoms with Gasteiger partial charge in [0.2, 0.25) is 0 Å². The molecule has 0 spiro atoms. The van der Waals surface area contributed by atoms with Crippen LogP contribution in [-0.4, -0.2) is 14.7 Å². The van der Waals surface area contributed by atoms with Crippen LogP contribution in [0.4, 0.5) is 0 Å². The topological polar surface area (TPSA) is 60.7 Å². The molecule has 0 saturated carbocycles. The van der Waals surface area contributed by atoms with Gasteiger partial charge in [-0.1, -0.05) is 0 Å². The van der Waals surface area contributed by atoms with E-state index in [4.69, 9.17) is 0 Å². The third-order valence-electron chi connectivity index (χ3n) is 4.12. The van der Waals surface area contributed by atoms with Crippen LogP contribution < -0.4 is 0 Å². The molecule has 0 aliphatic heterocycles. The average Bonchev–Trinajstić information content (AvgIpc) is 2.57. The van der Waals surface area contributed by atoms with E-state index < -0.39 is 13.1 Å². The van der Waals surface area contributed by atoms with Gasteiger partial charge in [-0.2, -0.15) is 0 Å². The van der Waals surface area contributed by atoms with E-state index >= 15 is 0 Å². The van der Waals surface area contributed by atoms with Crippen LogP contribution in [-0.2, 0) is 5.16 Å². The Morgan fingerprint density at radius 2 is 0.739 bits per heavy atom. The van der Waals surface area contributed by atoms with Gasteiger partial charge >= 0.3 is 135 Å². The van der Waals surface area contributed by atoms with Gasteiger partial charge in [-0.3, -0.25) is 0 Å². The molecule has 3 rings (SSSR count). The fourth-order valence-corrected chi connectivity index (χ4v) is 4.81. The van der Waals surface area contributed by atoms with E-state index in [9.17, 15) is 14.7 Å². The fourth-order valence-electron chi connectivity index (χ4n) is 3.15. The first-order chi connectivity index (χ1) is 11.1. The summed E-state index contributed by atoms with van der Waals surface area (Å²) in [5.41, 5.74) is 1.95. The van der Waals surface area contributed by atoms with Crippen molar-refractivity contribution in [2.24, 2.45) is 0 Å². The summed E-state index contributed by atoms with van der Waals surface area (Å²) < 4.78 is 0. The standard InChI is InChI=1S/C19H19O3P/c20-23(21,22)19(16-10-4-1-5-11-16,17-12-6-2-7-13-17)18-14-8-3-9-15-18/h1-15,20-23H. The van der Waals surface area contributed by atoms with Gasteiger partial charge in [0.15, 0.2) is 0 Å². The summed E-state index contributed by atoms with van der Waals surface area (Å²) in [5, 5.41) is -1.38. The summed E-state index contributed by atoms with van der Waals surface area (Å²) in [5.74, 6) is 0. The Morgan fingerprint density at radius 3 is 0.957 bits per heavy atom. The van der Waals surface area contributed by atoms with Gasteiger partial charge in [0.25, 0.3) is 0 Å². The molecular weight excluding hydrogens is 307 g/mol. The maximum atomic E-state index is 10.5. The number of hydrogen-bond acceptors (Lipinski definition) is 3. The molecule has 0 aliphatic rings. The van der Waals surface area contributed by atoms with Gasteiger partial charge < -0.3 is 0 Å². The van der Waals surface area contributed by atoms with Crippen LogP contribution in [0, 0.1) is 0 Å². The molecule has 0 atom stereocenters. The van der Waals surface area contributed by atoms with Crippen LogP contribution in [0.1, 0.15) is 16.7 Å². The zero-order chi connectivity index (χ0) is 16.3. The van der Waals surface area contributed by atoms with Gasteiger partial charge in [0, 0.05) is 0 Å². The van der Waals surface area contributed by atoms with Crippen molar-refractivity contribution in [2.75, 3.05) is 0 Å². The molecule has 3 aromatic rings. The molecule has 0 fully saturated rings. The molecule has 0 heterocycles. The third kappa shape index (κ3) is 2.69. The molecule has 0 unspecified atom stereocenters. The molecule has 0 aromatic heterocycles. The molecule has 0 aliphatic carbocycles. The van der Waals surface area contributed by atoms with E-state index in [1.54, 1.807) is 0 Å². The van der Waals surface area contributed by atoms with Crippen LogP contribution in [0.3, 0.4) is 0 Å². The Morgan fingerprint density at radius 1 is 0.478 bits per heavy atom. The predicted octanol–water partition coefficient (Wildman–Crippen LogP) is 3.45. The zero-order valence-electron chi connectivity index (χ0n) is 12.5. The van der Waals surface area contributed by atoms with E-state index in [2.05, 4.69) is 0 Å². The van der Waals surface area contributed by atoms with Crippen LogP contribution in [0.15, 0.2) is 91.0 Å². The van der Waals surface area contributed by atoms with Gasteiger partial charge in [0.1, 0.15) is 0 Å². The van der Waals surface area contributed by atoms with E-state index in [0.717, 1.165) is 0 Å². The zero-order valence-corrected chi connectivity index (χ0v) is 13.5. The molecule has 3 N–H and O–H groups in total. The van der Waals surface area contributed by atoms with Crippen molar-refractivity contribution in [2.45, 2.75) is 5.16 Å². The normalized spacial score (nSPS) is 12.8. The Balaban J connectivity index is 2.41. The van der Waals surface area contributed by atoms with Crippen molar-refractivity contribution < 1.29 is 14.7 Å². The second-order valence-corrected chi connectivity index (χ2v) is 7.50. The minimum atomic E-state index is -4.66. The molecule has 3 nitrogen and oxygen atoms in total. The fraction of sp³-hybridized carbons (Fsp3) is 0.0526. The molecule has 3 aromatic carbocycles. The van der Waals surface area contributed by atoms with Crippen molar-refractivity contribution in [3.8, 4) is 0 Å². The molecular formula is C19H19O3P. The third-order valence-corrected chi connectivity index (χ3v) is 6.00. The Hall–Kier alpha value is -2.03. The Bertz CT molecular complexity index is 656. The first kappa shape index (κ1) is 15.9. The second kappa shape index (κ2) is 6.23. The van der Waals surface area contributed by atoms with E-state index in [0.29, 0.717) is 16.7 Å². The second-order valence-electron chi connectivity index (χ2n) is 5.48. The van der Waals surface area contributed by atoms with E-state index in [1.807, 2.05) is 91.0 Å². The van der Waals surface area contributed by atoms with Crippen molar-refractivity contribution in [3.05, 3.63) is 108 Å². The monoisotopic (exact) mass is 326 g/mol. The molecule has 0 amide bonds. The van der Waals surface area contributed by atoms with E-state index in [-0.39, 0.29) is 0 Å². The van der Waals surface area contributed by atoms with E-state index in [1.165, 1.54) is 0 Å². The quantitative estimate of drug-likeness (QED) is 0.508. The van der Waals surface area contributed by atoms with Gasteiger partial charge in [-0.25, -0.2) is 0 Å². The molecule has 118 valence electrons. The Labute approximate surface area is 136 Å². The summed E-state index contributed by atoms with van der Waals surface area (Å²) in [4.78, 5) is 31.6. The van der Waals surface area contributed by atoms with Crippen molar-refractivity contribution in [1.29, 1.82) is 0 Å². The van der Waals surface area contributed by atoms with Crippen LogP contribution in [0.25, 0.3) is 0 Å². The molecule has 0 radical (unpaired) electrons. The molecule has 0 bridgehead atoms. The summed E-state index contributed by atoms with van der Waals surface area (Å²) in [6.07, 6.45) is 0. The van der Waals surface area contributed by atoms with Crippen molar-refractivity contribution in [3.63, 3.8) is 0 Å². The summed E-state index contributed by atoms with van der Waals surface area (Å²) in [6, 6.07) is 27.4. The number of rotatable bonds is 4.